The van der Waals surface area contributed by atoms with E-state index in [4.69, 9.17) is 20.5 Å². The number of carbonyl (C=O) groups excluding carboxylic acids is 3. The van der Waals surface area contributed by atoms with Gasteiger partial charge in [0.05, 0.1) is 29.5 Å². The summed E-state index contributed by atoms with van der Waals surface area (Å²) in [7, 11) is 0. The molecule has 2 heterocycles. The molecule has 2 aromatic heterocycles. The Balaban J connectivity index is 1.90. The number of nitrogens with one attached hydrogen (secondary N) is 1. The lowest BCUT2D eigenvalue weighted by Crippen LogP contribution is -2.43. The second-order valence-corrected chi connectivity index (χ2v) is 10.6. The third-order valence-corrected chi connectivity index (χ3v) is 6.19. The first-order valence-corrected chi connectivity index (χ1v) is 12.1. The number of benzene rings is 1. The lowest BCUT2D eigenvalue weighted by molar-refractivity contribution is -0.131. The number of rotatable bonds is 10. The van der Waals surface area contributed by atoms with Crippen LogP contribution in [0.2, 0.25) is 5.02 Å². The number of Topliss-reactive ketones (excluding diaryl/α,β-unsaturated/α-hetero) is 2. The molecule has 0 bridgehead atoms. The van der Waals surface area contributed by atoms with Crippen molar-refractivity contribution < 1.29 is 28.4 Å². The van der Waals surface area contributed by atoms with Crippen molar-refractivity contribution in [2.24, 2.45) is 5.41 Å². The Kier molecular flexibility index (Phi) is 8.40. The monoisotopic (exact) mass is 514 g/mol. The summed E-state index contributed by atoms with van der Waals surface area (Å²) < 4.78 is 10.4. The molecule has 3 aromatic rings. The fourth-order valence-corrected chi connectivity index (χ4v) is 3.96. The molecule has 0 saturated carbocycles. The molecule has 0 unspecified atom stereocenters. The predicted octanol–water partition coefficient (Wildman–Crippen LogP) is 5.45. The quantitative estimate of drug-likeness (QED) is 0.368. The zero-order chi connectivity index (χ0) is 26.6. The van der Waals surface area contributed by atoms with Crippen molar-refractivity contribution >= 4 is 29.1 Å². The summed E-state index contributed by atoms with van der Waals surface area (Å²) in [5.74, 6) is -1.28. The van der Waals surface area contributed by atoms with Gasteiger partial charge in [-0.2, -0.15) is 0 Å². The number of hydrogen-bond acceptors (Lipinski definition) is 7. The smallest absolute Gasteiger partial charge is 0.274 e. The number of amides is 1. The molecule has 0 aliphatic rings. The first kappa shape index (κ1) is 27.2. The number of hydrogen-bond donors (Lipinski definition) is 2. The van der Waals surface area contributed by atoms with Crippen molar-refractivity contribution in [1.29, 1.82) is 0 Å². The SMILES string of the molecule is CC(C)c1cc(C(=O)N[C@@H](Cc2ccc(O)c(Cl)c2)C(=O)C[C@H](C(=O)C(C)(C)C)c2ccoc2)no1. The standard InChI is InChI=1S/C27H31ClN2O6/c1-15(2)24-13-21(30-36-24)26(34)29-20(11-16-6-7-22(31)19(28)10-16)23(32)12-18(17-8-9-35-14-17)25(33)27(3,4)5/h6-10,13-15,18,20,31H,11-12H2,1-5H3,(H,29,34)/t18-,20-/m0/s1. The number of halogens is 1. The molecular weight excluding hydrogens is 484 g/mol. The van der Waals surface area contributed by atoms with Crippen molar-refractivity contribution in [2.45, 2.75) is 65.3 Å². The summed E-state index contributed by atoms with van der Waals surface area (Å²) in [6.07, 6.45) is 2.87. The summed E-state index contributed by atoms with van der Waals surface area (Å²) in [4.78, 5) is 39.8. The molecule has 3 rings (SSSR count). The van der Waals surface area contributed by atoms with Gasteiger partial charge < -0.3 is 19.4 Å². The Morgan fingerprint density at radius 2 is 1.86 bits per heavy atom. The zero-order valence-corrected chi connectivity index (χ0v) is 21.8. The molecule has 0 saturated heterocycles. The van der Waals surface area contributed by atoms with Gasteiger partial charge >= 0.3 is 0 Å². The first-order valence-electron chi connectivity index (χ1n) is 11.7. The lowest BCUT2D eigenvalue weighted by atomic mass is 9.77. The molecule has 1 aromatic carbocycles. The van der Waals surface area contributed by atoms with Gasteiger partial charge in [0.25, 0.3) is 5.91 Å². The first-order chi connectivity index (χ1) is 16.9. The van der Waals surface area contributed by atoms with Crippen molar-refractivity contribution in [3.8, 4) is 5.75 Å². The number of nitrogens with zero attached hydrogens (tertiary/aromatic N) is 1. The summed E-state index contributed by atoms with van der Waals surface area (Å²) in [5.41, 5.74) is 0.581. The third-order valence-electron chi connectivity index (χ3n) is 5.88. The Morgan fingerprint density at radius 3 is 2.42 bits per heavy atom. The Bertz CT molecular complexity index is 1220. The van der Waals surface area contributed by atoms with Gasteiger partial charge in [-0.3, -0.25) is 14.4 Å². The van der Waals surface area contributed by atoms with E-state index < -0.39 is 23.3 Å². The van der Waals surface area contributed by atoms with Gasteiger partial charge in [0.2, 0.25) is 0 Å². The third kappa shape index (κ3) is 6.63. The number of carbonyl (C=O) groups is 3. The van der Waals surface area contributed by atoms with Crippen LogP contribution in [0.4, 0.5) is 0 Å². The summed E-state index contributed by atoms with van der Waals surface area (Å²) in [6.45, 7) is 9.20. The maximum absolute atomic E-state index is 13.6. The zero-order valence-electron chi connectivity index (χ0n) is 21.0. The average Bonchev–Trinajstić information content (AvgIpc) is 3.51. The van der Waals surface area contributed by atoms with Crippen molar-refractivity contribution in [1.82, 2.24) is 10.5 Å². The van der Waals surface area contributed by atoms with E-state index >= 15 is 0 Å². The largest absolute Gasteiger partial charge is 0.506 e. The molecule has 2 atom stereocenters. The second-order valence-electron chi connectivity index (χ2n) is 10.2. The van der Waals surface area contributed by atoms with Gasteiger partial charge in [0, 0.05) is 29.4 Å². The predicted molar refractivity (Wildman–Crippen MR) is 134 cm³/mol. The van der Waals surface area contributed by atoms with E-state index in [2.05, 4.69) is 10.5 Å². The molecule has 0 aliphatic carbocycles. The number of ketones is 2. The molecule has 9 heteroatoms. The topological polar surface area (TPSA) is 123 Å². The normalized spacial score (nSPS) is 13.4. The molecule has 0 aliphatic heterocycles. The molecule has 192 valence electrons. The summed E-state index contributed by atoms with van der Waals surface area (Å²) >= 11 is 6.05. The molecule has 1 amide bonds. The van der Waals surface area contributed by atoms with Crippen LogP contribution in [0.5, 0.6) is 5.75 Å². The Labute approximate surface area is 215 Å². The molecular formula is C27H31ClN2O6. The van der Waals surface area contributed by atoms with Crippen LogP contribution in [0.1, 0.15) is 80.3 Å². The Hall–Kier alpha value is -3.39. The molecule has 2 N–H and O–H groups in total. The minimum absolute atomic E-state index is 0.0368. The van der Waals surface area contributed by atoms with Gasteiger partial charge in [0.1, 0.15) is 17.3 Å². The van der Waals surface area contributed by atoms with E-state index in [0.717, 1.165) is 0 Å². The van der Waals surface area contributed by atoms with Gasteiger partial charge in [-0.15, -0.1) is 0 Å². The van der Waals surface area contributed by atoms with Gasteiger partial charge in [-0.05, 0) is 30.2 Å². The highest BCUT2D eigenvalue weighted by Gasteiger charge is 2.35. The van der Waals surface area contributed by atoms with Gasteiger partial charge in [0.15, 0.2) is 11.5 Å². The fraction of sp³-hybridized carbons (Fsp3) is 0.407. The fourth-order valence-electron chi connectivity index (χ4n) is 3.76. The molecule has 0 radical (unpaired) electrons. The van der Waals surface area contributed by atoms with Crippen LogP contribution in [0.3, 0.4) is 0 Å². The van der Waals surface area contributed by atoms with E-state index in [1.54, 1.807) is 32.9 Å². The van der Waals surface area contributed by atoms with Gasteiger partial charge in [-0.1, -0.05) is 57.4 Å². The molecule has 8 nitrogen and oxygen atoms in total. The van der Waals surface area contributed by atoms with Crippen LogP contribution in [-0.4, -0.2) is 33.8 Å². The van der Waals surface area contributed by atoms with Crippen LogP contribution in [0.25, 0.3) is 0 Å². The second kappa shape index (κ2) is 11.1. The van der Waals surface area contributed by atoms with Crippen LogP contribution in [-0.2, 0) is 16.0 Å². The minimum atomic E-state index is -0.987. The maximum Gasteiger partial charge on any atom is 0.274 e. The highest BCUT2D eigenvalue weighted by Crippen LogP contribution is 2.31. The number of aromatic nitrogens is 1. The molecule has 0 spiro atoms. The number of furan rings is 1. The average molecular weight is 515 g/mol. The van der Waals surface area contributed by atoms with Crippen LogP contribution >= 0.6 is 11.6 Å². The van der Waals surface area contributed by atoms with Crippen molar-refractivity contribution in [3.63, 3.8) is 0 Å². The van der Waals surface area contributed by atoms with Crippen LogP contribution in [0.15, 0.2) is 51.8 Å². The summed E-state index contributed by atoms with van der Waals surface area (Å²) in [6, 6.07) is 6.79. The number of phenolic OH excluding ortho intramolecular Hbond substituents is 1. The highest BCUT2D eigenvalue weighted by molar-refractivity contribution is 6.32. The lowest BCUT2D eigenvalue weighted by Gasteiger charge is -2.25. The molecule has 0 fully saturated rings. The Morgan fingerprint density at radius 1 is 1.14 bits per heavy atom. The van der Waals surface area contributed by atoms with Crippen molar-refractivity contribution in [3.05, 3.63) is 70.5 Å². The van der Waals surface area contributed by atoms with E-state index in [1.807, 2.05) is 13.8 Å². The highest BCUT2D eigenvalue weighted by atomic mass is 35.5. The van der Waals surface area contributed by atoms with E-state index in [-0.39, 0.29) is 46.8 Å². The number of aromatic hydroxyl groups is 1. The number of phenols is 1. The molecule has 36 heavy (non-hydrogen) atoms. The minimum Gasteiger partial charge on any atom is -0.506 e. The maximum atomic E-state index is 13.6. The van der Waals surface area contributed by atoms with Crippen LogP contribution < -0.4 is 5.32 Å². The van der Waals surface area contributed by atoms with Gasteiger partial charge in [-0.25, -0.2) is 0 Å². The van der Waals surface area contributed by atoms with E-state index in [0.29, 0.717) is 16.9 Å². The van der Waals surface area contributed by atoms with Crippen molar-refractivity contribution in [2.75, 3.05) is 0 Å². The van der Waals surface area contributed by atoms with Crippen LogP contribution in [0, 0.1) is 5.41 Å². The van der Waals surface area contributed by atoms with E-state index in [1.165, 1.54) is 30.7 Å². The summed E-state index contributed by atoms with van der Waals surface area (Å²) in [5, 5.41) is 16.5. The van der Waals surface area contributed by atoms with E-state index in [9.17, 15) is 19.5 Å².